The van der Waals surface area contributed by atoms with Crippen molar-refractivity contribution in [2.24, 2.45) is 11.8 Å². The van der Waals surface area contributed by atoms with E-state index in [1.165, 1.54) is 30.4 Å². The van der Waals surface area contributed by atoms with Crippen LogP contribution in [0.1, 0.15) is 55.8 Å². The number of hydrogen-bond acceptors (Lipinski definition) is 2. The lowest BCUT2D eigenvalue weighted by Crippen LogP contribution is -2.30. The lowest BCUT2D eigenvalue weighted by atomic mass is 9.76. The minimum absolute atomic E-state index is 0.0453. The predicted molar refractivity (Wildman–Crippen MR) is 80.6 cm³/mol. The van der Waals surface area contributed by atoms with Gasteiger partial charge in [0.15, 0.2) is 0 Å². The predicted octanol–water partition coefficient (Wildman–Crippen LogP) is 4.01. The summed E-state index contributed by atoms with van der Waals surface area (Å²) in [7, 11) is 0. The largest absolute Gasteiger partial charge is 0.393 e. The first kappa shape index (κ1) is 14.1. The van der Waals surface area contributed by atoms with E-state index in [1.807, 2.05) is 0 Å². The molecule has 0 aromatic heterocycles. The average Bonchev–Trinajstić information content (AvgIpc) is 2.49. The Labute approximate surface area is 122 Å². The second-order valence-electron chi connectivity index (χ2n) is 6.64. The van der Waals surface area contributed by atoms with Crippen LogP contribution in [0.4, 0.5) is 0 Å². The van der Waals surface area contributed by atoms with Crippen molar-refractivity contribution in [3.8, 4) is 0 Å². The number of aliphatic hydroxyl groups excluding tert-OH is 1. The van der Waals surface area contributed by atoms with Gasteiger partial charge in [0.05, 0.1) is 18.8 Å². The molecule has 20 heavy (non-hydrogen) atoms. The molecule has 0 radical (unpaired) electrons. The number of hydrogen-bond donors (Lipinski definition) is 1. The maximum Gasteiger partial charge on any atom is 0.0825 e. The molecule has 0 amide bonds. The number of aryl methyl sites for hydroxylation is 1. The van der Waals surface area contributed by atoms with Gasteiger partial charge in [-0.3, -0.25) is 0 Å². The van der Waals surface area contributed by atoms with Crippen LogP contribution in [-0.2, 0) is 4.74 Å². The molecule has 1 saturated carbocycles. The summed E-state index contributed by atoms with van der Waals surface area (Å²) in [5, 5.41) is 9.61. The number of rotatable bonds is 2. The normalized spacial score (nSPS) is 34.9. The van der Waals surface area contributed by atoms with Gasteiger partial charge in [0, 0.05) is 0 Å². The molecule has 1 heterocycles. The Kier molecular flexibility index (Phi) is 4.42. The van der Waals surface area contributed by atoms with Crippen molar-refractivity contribution in [3.63, 3.8) is 0 Å². The fourth-order valence-corrected chi connectivity index (χ4v) is 3.76. The van der Waals surface area contributed by atoms with Crippen LogP contribution in [0, 0.1) is 18.8 Å². The molecule has 1 aliphatic heterocycles. The van der Waals surface area contributed by atoms with Crippen molar-refractivity contribution in [3.05, 3.63) is 35.4 Å². The van der Waals surface area contributed by atoms with Crippen molar-refractivity contribution >= 4 is 0 Å². The van der Waals surface area contributed by atoms with Crippen molar-refractivity contribution < 1.29 is 9.84 Å². The zero-order valence-electron chi connectivity index (χ0n) is 12.4. The quantitative estimate of drug-likeness (QED) is 0.883. The van der Waals surface area contributed by atoms with Crippen LogP contribution >= 0.6 is 0 Å². The molecule has 1 aliphatic carbocycles. The van der Waals surface area contributed by atoms with E-state index in [1.54, 1.807) is 0 Å². The summed E-state index contributed by atoms with van der Waals surface area (Å²) in [6, 6.07) is 8.76. The molecule has 1 saturated heterocycles. The molecule has 2 nitrogen and oxygen atoms in total. The van der Waals surface area contributed by atoms with Crippen LogP contribution in [0.3, 0.4) is 0 Å². The van der Waals surface area contributed by atoms with Gasteiger partial charge in [0.25, 0.3) is 0 Å². The Morgan fingerprint density at radius 3 is 2.15 bits per heavy atom. The van der Waals surface area contributed by atoms with Crippen molar-refractivity contribution in [1.29, 1.82) is 0 Å². The summed E-state index contributed by atoms with van der Waals surface area (Å²) in [6.45, 7) is 3.03. The summed E-state index contributed by atoms with van der Waals surface area (Å²) >= 11 is 0. The third kappa shape index (κ3) is 3.24. The minimum atomic E-state index is -0.0453. The molecule has 110 valence electrons. The maximum absolute atomic E-state index is 9.61. The Balaban J connectivity index is 1.53. The van der Waals surface area contributed by atoms with Gasteiger partial charge in [-0.2, -0.15) is 0 Å². The van der Waals surface area contributed by atoms with Gasteiger partial charge in [-0.15, -0.1) is 0 Å². The van der Waals surface area contributed by atoms with Gasteiger partial charge in [-0.25, -0.2) is 0 Å². The first-order valence-corrected chi connectivity index (χ1v) is 8.08. The van der Waals surface area contributed by atoms with E-state index in [9.17, 15) is 5.11 Å². The van der Waals surface area contributed by atoms with Gasteiger partial charge in [-0.05, 0) is 62.8 Å². The standard InChI is InChI=1S/C18H26O2/c1-13-2-4-15(5-3-13)18-11-8-16(12-20-18)14-6-9-17(19)10-7-14/h2-5,14,16-19H,6-12H2,1H3. The van der Waals surface area contributed by atoms with Crippen LogP contribution in [0.15, 0.2) is 24.3 Å². The summed E-state index contributed by atoms with van der Waals surface area (Å²) in [5.74, 6) is 1.49. The van der Waals surface area contributed by atoms with Crippen LogP contribution in [-0.4, -0.2) is 17.8 Å². The first-order chi connectivity index (χ1) is 9.72. The Morgan fingerprint density at radius 2 is 1.55 bits per heavy atom. The topological polar surface area (TPSA) is 29.5 Å². The number of ether oxygens (including phenoxy) is 1. The van der Waals surface area contributed by atoms with Gasteiger partial charge in [0.2, 0.25) is 0 Å². The van der Waals surface area contributed by atoms with Gasteiger partial charge in [-0.1, -0.05) is 29.8 Å². The third-order valence-corrected chi connectivity index (χ3v) is 5.17. The second-order valence-corrected chi connectivity index (χ2v) is 6.64. The lowest BCUT2D eigenvalue weighted by molar-refractivity contribution is -0.0440. The van der Waals surface area contributed by atoms with E-state index in [0.29, 0.717) is 12.0 Å². The summed E-state index contributed by atoms with van der Waals surface area (Å²) in [6.07, 6.45) is 7.02. The molecule has 2 aliphatic rings. The third-order valence-electron chi connectivity index (χ3n) is 5.17. The van der Waals surface area contributed by atoms with E-state index in [2.05, 4.69) is 31.2 Å². The monoisotopic (exact) mass is 274 g/mol. The highest BCUT2D eigenvalue weighted by Crippen LogP contribution is 2.39. The lowest BCUT2D eigenvalue weighted by Gasteiger charge is -2.37. The molecule has 2 fully saturated rings. The van der Waals surface area contributed by atoms with Gasteiger partial charge in [0.1, 0.15) is 0 Å². The first-order valence-electron chi connectivity index (χ1n) is 8.08. The molecule has 2 heteroatoms. The molecule has 1 N–H and O–H groups in total. The highest BCUT2D eigenvalue weighted by molar-refractivity contribution is 5.23. The van der Waals surface area contributed by atoms with Crippen LogP contribution < -0.4 is 0 Å². The summed E-state index contributed by atoms with van der Waals surface area (Å²) in [4.78, 5) is 0. The molecule has 0 spiro atoms. The molecule has 1 aromatic rings. The Hall–Kier alpha value is -0.860. The minimum Gasteiger partial charge on any atom is -0.393 e. The summed E-state index contributed by atoms with van der Waals surface area (Å²) in [5.41, 5.74) is 2.64. The molecular weight excluding hydrogens is 248 g/mol. The van der Waals surface area contributed by atoms with Crippen molar-refractivity contribution in [2.75, 3.05) is 6.61 Å². The molecule has 2 atom stereocenters. The van der Waals surface area contributed by atoms with Gasteiger partial charge >= 0.3 is 0 Å². The van der Waals surface area contributed by atoms with E-state index < -0.39 is 0 Å². The van der Waals surface area contributed by atoms with Gasteiger partial charge < -0.3 is 9.84 Å². The SMILES string of the molecule is Cc1ccc(C2CCC(C3CCC(O)CC3)CO2)cc1. The smallest absolute Gasteiger partial charge is 0.0825 e. The second kappa shape index (κ2) is 6.28. The zero-order chi connectivity index (χ0) is 13.9. The van der Waals surface area contributed by atoms with E-state index in [0.717, 1.165) is 31.8 Å². The van der Waals surface area contributed by atoms with Crippen molar-refractivity contribution in [1.82, 2.24) is 0 Å². The molecule has 2 unspecified atom stereocenters. The molecule has 1 aromatic carbocycles. The maximum atomic E-state index is 9.61. The fourth-order valence-electron chi connectivity index (χ4n) is 3.76. The van der Waals surface area contributed by atoms with Crippen LogP contribution in [0.2, 0.25) is 0 Å². The molecular formula is C18H26O2. The summed E-state index contributed by atoms with van der Waals surface area (Å²) < 4.78 is 6.13. The van der Waals surface area contributed by atoms with Crippen LogP contribution in [0.5, 0.6) is 0 Å². The molecule has 0 bridgehead atoms. The van der Waals surface area contributed by atoms with E-state index in [-0.39, 0.29) is 6.10 Å². The number of aliphatic hydroxyl groups is 1. The Bertz CT molecular complexity index is 410. The highest BCUT2D eigenvalue weighted by atomic mass is 16.5. The van der Waals surface area contributed by atoms with E-state index >= 15 is 0 Å². The fraction of sp³-hybridized carbons (Fsp3) is 0.667. The van der Waals surface area contributed by atoms with Crippen LogP contribution in [0.25, 0.3) is 0 Å². The number of benzene rings is 1. The van der Waals surface area contributed by atoms with E-state index in [4.69, 9.17) is 4.74 Å². The molecule has 3 rings (SSSR count). The van der Waals surface area contributed by atoms with Crippen molar-refractivity contribution in [2.45, 2.75) is 57.7 Å². The Morgan fingerprint density at radius 1 is 0.900 bits per heavy atom. The average molecular weight is 274 g/mol. The highest BCUT2D eigenvalue weighted by Gasteiger charge is 2.31. The zero-order valence-corrected chi connectivity index (χ0v) is 12.4.